The van der Waals surface area contributed by atoms with E-state index in [-0.39, 0.29) is 0 Å². The largest absolute Gasteiger partial charge is 0.316 e. The maximum atomic E-state index is 4.39. The van der Waals surface area contributed by atoms with E-state index in [0.29, 0.717) is 5.41 Å². The molecule has 2 aliphatic rings. The van der Waals surface area contributed by atoms with Crippen molar-refractivity contribution in [3.05, 3.63) is 24.3 Å². The van der Waals surface area contributed by atoms with Gasteiger partial charge in [0, 0.05) is 38.2 Å². The molecule has 0 bridgehead atoms. The normalized spacial score (nSPS) is 29.6. The third-order valence-electron chi connectivity index (χ3n) is 4.30. The number of hydrogen-bond acceptors (Lipinski definition) is 4. The Balaban J connectivity index is 1.63. The summed E-state index contributed by atoms with van der Waals surface area (Å²) in [6.45, 7) is 5.78. The summed E-state index contributed by atoms with van der Waals surface area (Å²) in [6.07, 6.45) is 10.8. The van der Waals surface area contributed by atoms with Gasteiger partial charge in [0.25, 0.3) is 0 Å². The van der Waals surface area contributed by atoms with Crippen molar-refractivity contribution in [2.24, 2.45) is 5.41 Å². The molecule has 0 amide bonds. The predicted molar refractivity (Wildman–Crippen MR) is 71.1 cm³/mol. The molecule has 4 nitrogen and oxygen atoms in total. The first-order chi connectivity index (χ1) is 8.86. The maximum absolute atomic E-state index is 4.39. The molecule has 1 unspecified atom stereocenters. The molecule has 1 aromatic heterocycles. The Hall–Kier alpha value is -1.00. The van der Waals surface area contributed by atoms with Gasteiger partial charge in [-0.25, -0.2) is 0 Å². The summed E-state index contributed by atoms with van der Waals surface area (Å²) in [5.74, 6) is 0. The Morgan fingerprint density at radius 1 is 1.28 bits per heavy atom. The molecule has 98 valence electrons. The van der Waals surface area contributed by atoms with Gasteiger partial charge in [-0.3, -0.25) is 14.9 Å². The van der Waals surface area contributed by atoms with Crippen LogP contribution in [0.25, 0.3) is 0 Å². The number of hydrogen-bond donors (Lipinski definition) is 1. The van der Waals surface area contributed by atoms with Crippen LogP contribution in [-0.2, 0) is 6.54 Å². The molecule has 1 spiro atoms. The van der Waals surface area contributed by atoms with Crippen LogP contribution in [0, 0.1) is 5.41 Å². The molecule has 18 heavy (non-hydrogen) atoms. The van der Waals surface area contributed by atoms with Crippen LogP contribution in [0.1, 0.15) is 31.4 Å². The van der Waals surface area contributed by atoms with Crippen LogP contribution < -0.4 is 5.32 Å². The first-order valence-electron chi connectivity index (χ1n) is 7.04. The number of likely N-dealkylation sites (tertiary alicyclic amines) is 1. The average Bonchev–Trinajstić information content (AvgIpc) is 2.41. The summed E-state index contributed by atoms with van der Waals surface area (Å²) in [6, 6.07) is 0. The van der Waals surface area contributed by atoms with Crippen LogP contribution in [0.2, 0.25) is 0 Å². The van der Waals surface area contributed by atoms with Crippen LogP contribution in [0.15, 0.2) is 18.6 Å². The lowest BCUT2D eigenvalue weighted by Gasteiger charge is -2.45. The summed E-state index contributed by atoms with van der Waals surface area (Å²) < 4.78 is 0. The molecule has 2 aliphatic heterocycles. The Bertz CT molecular complexity index is 367. The van der Waals surface area contributed by atoms with Crippen LogP contribution in [0.5, 0.6) is 0 Å². The van der Waals surface area contributed by atoms with E-state index in [1.165, 1.54) is 51.9 Å². The number of rotatable bonds is 2. The standard InChI is InChI=1S/C14H22N4/c1-3-14(11-16-5-1)4-2-8-18(12-14)10-13-9-15-6-7-17-13/h6-7,9,16H,1-5,8,10-12H2. The van der Waals surface area contributed by atoms with E-state index in [2.05, 4.69) is 20.2 Å². The Labute approximate surface area is 109 Å². The van der Waals surface area contributed by atoms with Crippen molar-refractivity contribution < 1.29 is 0 Å². The summed E-state index contributed by atoms with van der Waals surface area (Å²) in [7, 11) is 0. The van der Waals surface area contributed by atoms with Crippen LogP contribution in [0.3, 0.4) is 0 Å². The van der Waals surface area contributed by atoms with E-state index < -0.39 is 0 Å². The lowest BCUT2D eigenvalue weighted by molar-refractivity contribution is 0.0593. The summed E-state index contributed by atoms with van der Waals surface area (Å²) in [5, 5.41) is 3.58. The van der Waals surface area contributed by atoms with Gasteiger partial charge >= 0.3 is 0 Å². The van der Waals surface area contributed by atoms with E-state index in [4.69, 9.17) is 0 Å². The van der Waals surface area contributed by atoms with Crippen molar-refractivity contribution in [3.8, 4) is 0 Å². The van der Waals surface area contributed by atoms with E-state index in [0.717, 1.165) is 12.2 Å². The zero-order chi connectivity index (χ0) is 12.3. The van der Waals surface area contributed by atoms with E-state index in [9.17, 15) is 0 Å². The van der Waals surface area contributed by atoms with Crippen molar-refractivity contribution in [2.75, 3.05) is 26.2 Å². The Morgan fingerprint density at radius 2 is 2.22 bits per heavy atom. The summed E-state index contributed by atoms with van der Waals surface area (Å²) in [5.41, 5.74) is 1.62. The highest BCUT2D eigenvalue weighted by Gasteiger charge is 2.36. The second kappa shape index (κ2) is 5.33. The van der Waals surface area contributed by atoms with Gasteiger partial charge in [0.05, 0.1) is 5.69 Å². The van der Waals surface area contributed by atoms with Gasteiger partial charge in [-0.1, -0.05) is 0 Å². The highest BCUT2D eigenvalue weighted by Crippen LogP contribution is 2.36. The van der Waals surface area contributed by atoms with Crippen molar-refractivity contribution in [1.29, 1.82) is 0 Å². The van der Waals surface area contributed by atoms with Crippen molar-refractivity contribution >= 4 is 0 Å². The Morgan fingerprint density at radius 3 is 3.00 bits per heavy atom. The molecule has 3 heterocycles. The fraction of sp³-hybridized carbons (Fsp3) is 0.714. The number of piperidine rings is 2. The number of aromatic nitrogens is 2. The fourth-order valence-corrected chi connectivity index (χ4v) is 3.46. The van der Waals surface area contributed by atoms with Crippen molar-refractivity contribution in [3.63, 3.8) is 0 Å². The molecule has 1 N–H and O–H groups in total. The number of nitrogens with zero attached hydrogens (tertiary/aromatic N) is 3. The van der Waals surface area contributed by atoms with Crippen LogP contribution in [-0.4, -0.2) is 41.0 Å². The first-order valence-corrected chi connectivity index (χ1v) is 7.04. The molecule has 0 aliphatic carbocycles. The SMILES string of the molecule is c1cnc(CN2CCCC3(CCCNC3)C2)cn1. The summed E-state index contributed by atoms with van der Waals surface area (Å²) >= 11 is 0. The topological polar surface area (TPSA) is 41.1 Å². The monoisotopic (exact) mass is 246 g/mol. The molecule has 1 atom stereocenters. The van der Waals surface area contributed by atoms with Gasteiger partial charge in [-0.15, -0.1) is 0 Å². The lowest BCUT2D eigenvalue weighted by Crippen LogP contribution is -2.50. The molecule has 2 fully saturated rings. The quantitative estimate of drug-likeness (QED) is 0.857. The van der Waals surface area contributed by atoms with Crippen molar-refractivity contribution in [1.82, 2.24) is 20.2 Å². The second-order valence-corrected chi connectivity index (χ2v) is 5.79. The van der Waals surface area contributed by atoms with Gasteiger partial charge < -0.3 is 5.32 Å². The first kappa shape index (κ1) is 12.1. The van der Waals surface area contributed by atoms with E-state index in [1.807, 2.05) is 6.20 Å². The second-order valence-electron chi connectivity index (χ2n) is 5.79. The van der Waals surface area contributed by atoms with Gasteiger partial charge in [0.2, 0.25) is 0 Å². The maximum Gasteiger partial charge on any atom is 0.0726 e. The van der Waals surface area contributed by atoms with E-state index >= 15 is 0 Å². The minimum Gasteiger partial charge on any atom is -0.316 e. The number of nitrogens with one attached hydrogen (secondary N) is 1. The zero-order valence-corrected chi connectivity index (χ0v) is 10.9. The Kier molecular flexibility index (Phi) is 3.57. The fourth-order valence-electron chi connectivity index (χ4n) is 3.46. The molecule has 0 aromatic carbocycles. The van der Waals surface area contributed by atoms with Gasteiger partial charge in [-0.05, 0) is 44.2 Å². The molecule has 3 rings (SSSR count). The zero-order valence-electron chi connectivity index (χ0n) is 10.9. The van der Waals surface area contributed by atoms with Gasteiger partial charge in [0.15, 0.2) is 0 Å². The average molecular weight is 246 g/mol. The molecule has 0 radical (unpaired) electrons. The molecular formula is C14H22N4. The third kappa shape index (κ3) is 2.70. The molecule has 1 aromatic rings. The third-order valence-corrected chi connectivity index (χ3v) is 4.30. The minimum atomic E-state index is 0.526. The van der Waals surface area contributed by atoms with Gasteiger partial charge in [-0.2, -0.15) is 0 Å². The van der Waals surface area contributed by atoms with Crippen LogP contribution in [0.4, 0.5) is 0 Å². The smallest absolute Gasteiger partial charge is 0.0726 e. The summed E-state index contributed by atoms with van der Waals surface area (Å²) in [4.78, 5) is 11.1. The predicted octanol–water partition coefficient (Wildman–Crippen LogP) is 1.44. The van der Waals surface area contributed by atoms with Gasteiger partial charge in [0.1, 0.15) is 0 Å². The highest BCUT2D eigenvalue weighted by atomic mass is 15.2. The molecule has 4 heteroatoms. The molecule has 2 saturated heterocycles. The molecular weight excluding hydrogens is 224 g/mol. The van der Waals surface area contributed by atoms with Crippen LogP contribution >= 0.6 is 0 Å². The molecule has 0 saturated carbocycles. The van der Waals surface area contributed by atoms with Crippen molar-refractivity contribution in [2.45, 2.75) is 32.2 Å². The lowest BCUT2D eigenvalue weighted by atomic mass is 9.74. The van der Waals surface area contributed by atoms with E-state index in [1.54, 1.807) is 12.4 Å². The highest BCUT2D eigenvalue weighted by molar-refractivity contribution is 4.97. The minimum absolute atomic E-state index is 0.526.